The quantitative estimate of drug-likeness (QED) is 0.245. The molecule has 2 unspecified atom stereocenters. The number of amides is 1. The number of aliphatic hydroxyl groups is 3. The summed E-state index contributed by atoms with van der Waals surface area (Å²) < 4.78 is 16.1. The number of hydrogen-bond donors (Lipinski definition) is 6. The number of phenolic OH excluding ortho intramolecular Hbond substituents is 1. The molecule has 5 aliphatic rings. The largest absolute Gasteiger partial charge is 0.511 e. The third-order valence-corrected chi connectivity index (χ3v) is 8.81. The number of likely N-dealkylation sites (tertiary alicyclic amines) is 1. The molecule has 2 aliphatic heterocycles. The number of halogens is 1. The number of benzene rings is 1. The van der Waals surface area contributed by atoms with Gasteiger partial charge in [0.05, 0.1) is 11.3 Å². The van der Waals surface area contributed by atoms with E-state index in [1.54, 1.807) is 0 Å². The summed E-state index contributed by atoms with van der Waals surface area (Å²) in [5.41, 5.74) is 1.61. The molecule has 0 bridgehead atoms. The number of ketones is 2. The highest BCUT2D eigenvalue weighted by molar-refractivity contribution is 6.24. The van der Waals surface area contributed by atoms with Crippen LogP contribution in [0.4, 0.5) is 10.1 Å². The van der Waals surface area contributed by atoms with Crippen molar-refractivity contribution in [3.05, 3.63) is 45.2 Å². The minimum absolute atomic E-state index is 0.0331. The Balaban J connectivity index is 1.52. The van der Waals surface area contributed by atoms with E-state index in [1.165, 1.54) is 0 Å². The SMILES string of the molecule is CN1CCC2CNc3c(O)c4c(c(F)c3C21)C[C@H]1C[C@H]2CC(O)=C(C(N)=O)C(=O)[C@@]2(O)C(O)=C1C4=O. The molecule has 6 rings (SSSR count). The van der Waals surface area contributed by atoms with E-state index in [4.69, 9.17) is 5.73 Å². The van der Waals surface area contributed by atoms with E-state index in [0.717, 1.165) is 13.0 Å². The molecule has 0 spiro atoms. The number of aliphatic hydroxyl groups excluding tert-OH is 2. The molecule has 1 aromatic rings. The lowest BCUT2D eigenvalue weighted by Gasteiger charge is -2.46. The van der Waals surface area contributed by atoms with Crippen LogP contribution >= 0.6 is 0 Å². The minimum Gasteiger partial charge on any atom is -0.511 e. The molecule has 0 saturated carbocycles. The van der Waals surface area contributed by atoms with E-state index in [1.807, 2.05) is 11.9 Å². The van der Waals surface area contributed by atoms with Crippen molar-refractivity contribution in [1.29, 1.82) is 0 Å². The molecule has 3 aliphatic carbocycles. The van der Waals surface area contributed by atoms with Crippen LogP contribution in [0, 0.1) is 23.6 Å². The zero-order valence-corrected chi connectivity index (χ0v) is 19.5. The monoisotopic (exact) mass is 499 g/mol. The molecular formula is C25H26FN3O7. The van der Waals surface area contributed by atoms with Gasteiger partial charge in [-0.1, -0.05) is 0 Å². The smallest absolute Gasteiger partial charge is 0.255 e. The fourth-order valence-electron chi connectivity index (χ4n) is 7.12. The maximum absolute atomic E-state index is 16.1. The number of allylic oxidation sites excluding steroid dienone is 2. The van der Waals surface area contributed by atoms with E-state index in [9.17, 15) is 34.8 Å². The van der Waals surface area contributed by atoms with Gasteiger partial charge in [-0.3, -0.25) is 19.3 Å². The number of aromatic hydroxyl groups is 1. The van der Waals surface area contributed by atoms with Crippen LogP contribution in [-0.2, 0) is 16.0 Å². The predicted octanol–water partition coefficient (Wildman–Crippen LogP) is 1.14. The van der Waals surface area contributed by atoms with Gasteiger partial charge in [0.25, 0.3) is 5.91 Å². The number of carbonyl (C=O) groups excluding carboxylic acids is 3. The standard InChI is InChI=1S/C25H26FN3O7/c1-29-3-2-8-7-28-18-16(19(8)29)17(26)11-5-9-4-10-6-12(30)15(24(27)35)23(34)25(10,36)22(33)13(9)20(31)14(11)21(18)32/h8-10,19,28,30,32-33,36H,2-7H2,1H3,(H2,27,35)/t8?,9-,10+,19?,25+/m1/s1. The van der Waals surface area contributed by atoms with Crippen molar-refractivity contribution in [2.75, 3.05) is 25.5 Å². The summed E-state index contributed by atoms with van der Waals surface area (Å²) in [6.45, 7) is 1.27. The zero-order valence-electron chi connectivity index (χ0n) is 19.5. The van der Waals surface area contributed by atoms with Gasteiger partial charge in [-0.15, -0.1) is 0 Å². The van der Waals surface area contributed by atoms with Gasteiger partial charge in [0.1, 0.15) is 22.9 Å². The zero-order chi connectivity index (χ0) is 25.8. The van der Waals surface area contributed by atoms with E-state index in [2.05, 4.69) is 5.32 Å². The maximum Gasteiger partial charge on any atom is 0.255 e. The van der Waals surface area contributed by atoms with Crippen LogP contribution in [0.2, 0.25) is 0 Å². The van der Waals surface area contributed by atoms with Crippen LogP contribution in [-0.4, -0.2) is 68.5 Å². The third kappa shape index (κ3) is 2.64. The Labute approximate surface area is 204 Å². The normalized spacial score (nSPS) is 33.4. The lowest BCUT2D eigenvalue weighted by atomic mass is 9.60. The molecule has 7 N–H and O–H groups in total. The Hall–Kier alpha value is -3.44. The number of nitrogens with zero attached hydrogens (tertiary/aromatic N) is 1. The molecule has 190 valence electrons. The molecule has 5 atom stereocenters. The first-order valence-electron chi connectivity index (χ1n) is 12.0. The number of anilines is 1. The van der Waals surface area contributed by atoms with Gasteiger partial charge in [0.2, 0.25) is 5.78 Å². The topological polar surface area (TPSA) is 173 Å². The van der Waals surface area contributed by atoms with Crippen molar-refractivity contribution in [2.45, 2.75) is 37.3 Å². The second-order valence-corrected chi connectivity index (χ2v) is 10.6. The van der Waals surface area contributed by atoms with Gasteiger partial charge >= 0.3 is 0 Å². The van der Waals surface area contributed by atoms with E-state index in [0.29, 0.717) is 12.1 Å². The number of nitrogens with two attached hydrogens (primary N) is 1. The number of carbonyl (C=O) groups is 3. The van der Waals surface area contributed by atoms with Gasteiger partial charge in [0.15, 0.2) is 17.1 Å². The summed E-state index contributed by atoms with van der Waals surface area (Å²) in [5.74, 6) is -7.67. The number of fused-ring (bicyclic) bond motifs is 6. The molecule has 10 nitrogen and oxygen atoms in total. The van der Waals surface area contributed by atoms with Crippen LogP contribution in [0.25, 0.3) is 0 Å². The Kier molecular flexibility index (Phi) is 4.66. The average molecular weight is 499 g/mol. The second kappa shape index (κ2) is 7.30. The Morgan fingerprint density at radius 1 is 1.22 bits per heavy atom. The van der Waals surface area contributed by atoms with Gasteiger partial charge < -0.3 is 31.5 Å². The van der Waals surface area contributed by atoms with Crippen LogP contribution in [0.5, 0.6) is 5.75 Å². The number of phenols is 1. The fourth-order valence-corrected chi connectivity index (χ4v) is 7.12. The second-order valence-electron chi connectivity index (χ2n) is 10.6. The van der Waals surface area contributed by atoms with E-state index >= 15 is 4.39 Å². The summed E-state index contributed by atoms with van der Waals surface area (Å²) in [4.78, 5) is 40.5. The van der Waals surface area contributed by atoms with E-state index in [-0.39, 0.29) is 53.6 Å². The first-order valence-corrected chi connectivity index (χ1v) is 12.0. The van der Waals surface area contributed by atoms with Gasteiger partial charge in [-0.05, 0) is 44.7 Å². The van der Waals surface area contributed by atoms with Crippen LogP contribution in [0.1, 0.15) is 46.8 Å². The molecule has 11 heteroatoms. The van der Waals surface area contributed by atoms with Crippen molar-refractivity contribution >= 4 is 23.2 Å². The minimum atomic E-state index is -2.64. The molecule has 0 radical (unpaired) electrons. The Morgan fingerprint density at radius 3 is 2.64 bits per heavy atom. The fraction of sp³-hybridized carbons (Fsp3) is 0.480. The number of rotatable bonds is 1. The Morgan fingerprint density at radius 2 is 1.94 bits per heavy atom. The van der Waals surface area contributed by atoms with Crippen molar-refractivity contribution in [2.24, 2.45) is 23.5 Å². The maximum atomic E-state index is 16.1. The molecule has 0 aromatic heterocycles. The van der Waals surface area contributed by atoms with E-state index < -0.39 is 63.6 Å². The summed E-state index contributed by atoms with van der Waals surface area (Å²) in [6, 6.07) is -0.250. The predicted molar refractivity (Wildman–Crippen MR) is 123 cm³/mol. The highest BCUT2D eigenvalue weighted by atomic mass is 19.1. The molecule has 2 heterocycles. The van der Waals surface area contributed by atoms with Gasteiger partial charge in [0, 0.05) is 41.6 Å². The highest BCUT2D eigenvalue weighted by Crippen LogP contribution is 2.55. The van der Waals surface area contributed by atoms with Crippen LogP contribution < -0.4 is 11.1 Å². The summed E-state index contributed by atoms with van der Waals surface area (Å²) in [5, 5.41) is 46.9. The van der Waals surface area contributed by atoms with Crippen LogP contribution in [0.15, 0.2) is 22.7 Å². The number of hydrogen-bond acceptors (Lipinski definition) is 9. The lowest BCUT2D eigenvalue weighted by molar-refractivity contribution is -0.144. The number of Topliss-reactive ketones (excluding diaryl/α,β-unsaturated/α-hetero) is 2. The molecule has 36 heavy (non-hydrogen) atoms. The van der Waals surface area contributed by atoms with Gasteiger partial charge in [-0.2, -0.15) is 0 Å². The van der Waals surface area contributed by atoms with Crippen molar-refractivity contribution in [1.82, 2.24) is 4.90 Å². The lowest BCUT2D eigenvalue weighted by Crippen LogP contribution is -2.57. The van der Waals surface area contributed by atoms with Crippen molar-refractivity contribution in [3.8, 4) is 5.75 Å². The van der Waals surface area contributed by atoms with Gasteiger partial charge in [-0.25, -0.2) is 4.39 Å². The molecular weight excluding hydrogens is 473 g/mol. The molecule has 1 fully saturated rings. The number of nitrogens with one attached hydrogen (secondary N) is 1. The first-order chi connectivity index (χ1) is 17.0. The van der Waals surface area contributed by atoms with Crippen molar-refractivity contribution < 1.29 is 39.2 Å². The summed E-state index contributed by atoms with van der Waals surface area (Å²) >= 11 is 0. The molecule has 1 amide bonds. The first kappa shape index (κ1) is 23.0. The third-order valence-electron chi connectivity index (χ3n) is 8.81. The Bertz CT molecular complexity index is 1350. The summed E-state index contributed by atoms with van der Waals surface area (Å²) in [6.07, 6.45) is 0.449. The average Bonchev–Trinajstić information content (AvgIpc) is 3.20. The molecule has 1 aromatic carbocycles. The highest BCUT2D eigenvalue weighted by Gasteiger charge is 2.60. The van der Waals surface area contributed by atoms with Crippen molar-refractivity contribution in [3.63, 3.8) is 0 Å². The summed E-state index contributed by atoms with van der Waals surface area (Å²) in [7, 11) is 1.89. The number of primary amides is 1. The van der Waals surface area contributed by atoms with Crippen LogP contribution in [0.3, 0.4) is 0 Å². The molecule has 1 saturated heterocycles.